The standard InChI is InChI=1S/C31H38BrN3O4S/c1-7-23(4)33-31(37)25(6)34(19-26-11-9-12-27(32)18-26)30(36)20-35(29-13-8-10-22(3)24(29)5)40(38,39)28-16-14-21(2)15-17-28/h8-18,23,25H,7,19-20H2,1-6H3,(H,33,37)/t23-,25-/m0/s1. The average molecular weight is 629 g/mol. The van der Waals surface area contributed by atoms with Crippen molar-refractivity contribution in [3.05, 3.63) is 93.5 Å². The van der Waals surface area contributed by atoms with Gasteiger partial charge in [-0.1, -0.05) is 64.8 Å². The van der Waals surface area contributed by atoms with Crippen LogP contribution in [0.4, 0.5) is 5.69 Å². The first kappa shape index (κ1) is 31.4. The van der Waals surface area contributed by atoms with Gasteiger partial charge in [0.15, 0.2) is 0 Å². The van der Waals surface area contributed by atoms with Crippen molar-refractivity contribution < 1.29 is 18.0 Å². The predicted molar refractivity (Wildman–Crippen MR) is 164 cm³/mol. The molecule has 0 spiro atoms. The van der Waals surface area contributed by atoms with Crippen LogP contribution in [0.5, 0.6) is 0 Å². The minimum atomic E-state index is -4.11. The third-order valence-electron chi connectivity index (χ3n) is 7.14. The molecule has 9 heteroatoms. The summed E-state index contributed by atoms with van der Waals surface area (Å²) in [7, 11) is -4.11. The molecule has 40 heavy (non-hydrogen) atoms. The highest BCUT2D eigenvalue weighted by molar-refractivity contribution is 9.10. The van der Waals surface area contributed by atoms with Crippen LogP contribution in [0.25, 0.3) is 0 Å². The molecular weight excluding hydrogens is 590 g/mol. The van der Waals surface area contributed by atoms with E-state index in [1.54, 1.807) is 43.3 Å². The van der Waals surface area contributed by atoms with Gasteiger partial charge >= 0.3 is 0 Å². The quantitative estimate of drug-likeness (QED) is 0.287. The summed E-state index contributed by atoms with van der Waals surface area (Å²) in [6.45, 7) is 10.8. The Morgan fingerprint density at radius 2 is 1.60 bits per heavy atom. The van der Waals surface area contributed by atoms with Crippen LogP contribution in [0, 0.1) is 20.8 Å². The van der Waals surface area contributed by atoms with Crippen LogP contribution < -0.4 is 9.62 Å². The Hall–Kier alpha value is -3.17. The third kappa shape index (κ3) is 7.52. The Labute approximate surface area is 246 Å². The van der Waals surface area contributed by atoms with E-state index in [1.807, 2.05) is 65.0 Å². The van der Waals surface area contributed by atoms with E-state index < -0.39 is 28.5 Å². The van der Waals surface area contributed by atoms with Gasteiger partial charge in [0, 0.05) is 17.1 Å². The van der Waals surface area contributed by atoms with Crippen LogP contribution >= 0.6 is 15.9 Å². The first-order chi connectivity index (χ1) is 18.8. The van der Waals surface area contributed by atoms with E-state index in [0.717, 1.165) is 37.5 Å². The molecule has 0 aliphatic heterocycles. The van der Waals surface area contributed by atoms with Crippen LogP contribution in [0.1, 0.15) is 49.4 Å². The van der Waals surface area contributed by atoms with Gasteiger partial charge in [-0.05, 0) is 88.1 Å². The molecule has 3 aromatic carbocycles. The van der Waals surface area contributed by atoms with Gasteiger partial charge in [-0.25, -0.2) is 8.42 Å². The maximum atomic E-state index is 14.1. The fraction of sp³-hybridized carbons (Fsp3) is 0.355. The zero-order valence-corrected chi connectivity index (χ0v) is 26.3. The summed E-state index contributed by atoms with van der Waals surface area (Å²) in [5.74, 6) is -0.777. The molecule has 0 aliphatic rings. The van der Waals surface area contributed by atoms with E-state index in [2.05, 4.69) is 21.2 Å². The zero-order valence-electron chi connectivity index (χ0n) is 23.9. The lowest BCUT2D eigenvalue weighted by molar-refractivity contribution is -0.139. The number of hydrogen-bond donors (Lipinski definition) is 1. The molecule has 3 aromatic rings. The van der Waals surface area contributed by atoms with Gasteiger partial charge in [0.1, 0.15) is 12.6 Å². The molecule has 1 N–H and O–H groups in total. The molecular formula is C31H38BrN3O4S. The molecule has 0 radical (unpaired) electrons. The molecule has 3 rings (SSSR count). The largest absolute Gasteiger partial charge is 0.352 e. The molecule has 214 valence electrons. The molecule has 2 atom stereocenters. The first-order valence-corrected chi connectivity index (χ1v) is 15.6. The number of hydrogen-bond acceptors (Lipinski definition) is 4. The number of carbonyl (C=O) groups excluding carboxylic acids is 2. The van der Waals surface area contributed by atoms with Crippen molar-refractivity contribution >= 4 is 43.5 Å². The number of carbonyl (C=O) groups is 2. The van der Waals surface area contributed by atoms with E-state index >= 15 is 0 Å². The molecule has 0 bridgehead atoms. The lowest BCUT2D eigenvalue weighted by Crippen LogP contribution is -2.52. The number of nitrogens with one attached hydrogen (secondary N) is 1. The molecule has 0 aliphatic carbocycles. The summed E-state index contributed by atoms with van der Waals surface area (Å²) >= 11 is 3.47. The molecule has 7 nitrogen and oxygen atoms in total. The summed E-state index contributed by atoms with van der Waals surface area (Å²) in [5, 5.41) is 2.95. The highest BCUT2D eigenvalue weighted by Gasteiger charge is 2.33. The Balaban J connectivity index is 2.07. The second-order valence-corrected chi connectivity index (χ2v) is 13.0. The Morgan fingerprint density at radius 1 is 0.950 bits per heavy atom. The normalized spacial score (nSPS) is 12.9. The number of amides is 2. The smallest absolute Gasteiger partial charge is 0.264 e. The van der Waals surface area contributed by atoms with E-state index in [4.69, 9.17) is 0 Å². The monoisotopic (exact) mass is 627 g/mol. The van der Waals surface area contributed by atoms with Gasteiger partial charge in [-0.15, -0.1) is 0 Å². The first-order valence-electron chi connectivity index (χ1n) is 13.3. The van der Waals surface area contributed by atoms with Gasteiger partial charge in [-0.2, -0.15) is 0 Å². The Kier molecular flexibility index (Phi) is 10.6. The number of nitrogens with zero attached hydrogens (tertiary/aromatic N) is 2. The Bertz CT molecular complexity index is 1460. The highest BCUT2D eigenvalue weighted by Crippen LogP contribution is 2.29. The van der Waals surface area contributed by atoms with E-state index in [1.165, 1.54) is 4.90 Å². The highest BCUT2D eigenvalue weighted by atomic mass is 79.9. The van der Waals surface area contributed by atoms with E-state index in [-0.39, 0.29) is 23.4 Å². The van der Waals surface area contributed by atoms with Gasteiger partial charge in [0.2, 0.25) is 11.8 Å². The molecule has 0 aromatic heterocycles. The lowest BCUT2D eigenvalue weighted by atomic mass is 10.1. The van der Waals surface area contributed by atoms with Gasteiger partial charge < -0.3 is 10.2 Å². The Morgan fingerprint density at radius 3 is 2.23 bits per heavy atom. The minimum Gasteiger partial charge on any atom is -0.352 e. The minimum absolute atomic E-state index is 0.0638. The van der Waals surface area contributed by atoms with Crippen molar-refractivity contribution in [1.29, 1.82) is 0 Å². The molecule has 0 fully saturated rings. The maximum absolute atomic E-state index is 14.1. The fourth-order valence-electron chi connectivity index (χ4n) is 4.24. The fourth-order valence-corrected chi connectivity index (χ4v) is 6.16. The predicted octanol–water partition coefficient (Wildman–Crippen LogP) is 5.90. The van der Waals surface area contributed by atoms with Crippen LogP contribution in [-0.4, -0.2) is 43.8 Å². The molecule has 0 unspecified atom stereocenters. The van der Waals surface area contributed by atoms with Crippen molar-refractivity contribution in [2.75, 3.05) is 10.8 Å². The SMILES string of the molecule is CC[C@H](C)NC(=O)[C@H](C)N(Cc1cccc(Br)c1)C(=O)CN(c1cccc(C)c1C)S(=O)(=O)c1ccc(C)cc1. The van der Waals surface area contributed by atoms with Crippen molar-refractivity contribution in [1.82, 2.24) is 10.2 Å². The number of halogens is 1. The summed E-state index contributed by atoms with van der Waals surface area (Å²) in [4.78, 5) is 28.8. The summed E-state index contributed by atoms with van der Waals surface area (Å²) < 4.78 is 30.1. The number of aryl methyl sites for hydroxylation is 2. The zero-order chi connectivity index (χ0) is 29.6. The maximum Gasteiger partial charge on any atom is 0.264 e. The molecule has 2 amide bonds. The molecule has 0 saturated heterocycles. The van der Waals surface area contributed by atoms with Crippen molar-refractivity contribution in [3.63, 3.8) is 0 Å². The summed E-state index contributed by atoms with van der Waals surface area (Å²) in [6.07, 6.45) is 0.743. The van der Waals surface area contributed by atoms with Crippen LogP contribution in [0.3, 0.4) is 0 Å². The number of anilines is 1. The number of rotatable bonds is 11. The van der Waals surface area contributed by atoms with Gasteiger partial charge in [0.05, 0.1) is 10.6 Å². The average Bonchev–Trinajstić information content (AvgIpc) is 2.91. The summed E-state index contributed by atoms with van der Waals surface area (Å²) in [5.41, 5.74) is 3.82. The number of sulfonamides is 1. The lowest BCUT2D eigenvalue weighted by Gasteiger charge is -2.33. The second-order valence-electron chi connectivity index (χ2n) is 10.2. The molecule has 0 heterocycles. The van der Waals surface area contributed by atoms with Crippen molar-refractivity contribution in [3.8, 4) is 0 Å². The van der Waals surface area contributed by atoms with Crippen LogP contribution in [-0.2, 0) is 26.2 Å². The van der Waals surface area contributed by atoms with Gasteiger partial charge in [-0.3, -0.25) is 13.9 Å². The topological polar surface area (TPSA) is 86.8 Å². The van der Waals surface area contributed by atoms with Crippen LogP contribution in [0.15, 0.2) is 76.1 Å². The van der Waals surface area contributed by atoms with E-state index in [0.29, 0.717) is 5.69 Å². The van der Waals surface area contributed by atoms with Crippen molar-refractivity contribution in [2.45, 2.75) is 71.5 Å². The van der Waals surface area contributed by atoms with Crippen molar-refractivity contribution in [2.24, 2.45) is 0 Å². The molecule has 0 saturated carbocycles. The third-order valence-corrected chi connectivity index (χ3v) is 9.41. The summed E-state index contributed by atoms with van der Waals surface area (Å²) in [6, 6.07) is 18.5. The van der Waals surface area contributed by atoms with E-state index in [9.17, 15) is 18.0 Å². The van der Waals surface area contributed by atoms with Gasteiger partial charge in [0.25, 0.3) is 10.0 Å². The number of benzene rings is 3. The second kappa shape index (κ2) is 13.5. The van der Waals surface area contributed by atoms with Crippen LogP contribution in [0.2, 0.25) is 0 Å².